The van der Waals surface area contributed by atoms with Crippen LogP contribution in [0.15, 0.2) is 24.3 Å². The van der Waals surface area contributed by atoms with Gasteiger partial charge in [0.15, 0.2) is 0 Å². The molecule has 4 fully saturated rings. The summed E-state index contributed by atoms with van der Waals surface area (Å²) in [6, 6.07) is 9.87. The van der Waals surface area contributed by atoms with E-state index < -0.39 is 0 Å². The number of fused-ring (bicyclic) bond motifs is 4. The van der Waals surface area contributed by atoms with E-state index in [-0.39, 0.29) is 5.91 Å². The Morgan fingerprint density at radius 1 is 1.12 bits per heavy atom. The number of benzene rings is 1. The summed E-state index contributed by atoms with van der Waals surface area (Å²) in [4.78, 5) is 17.7. The average Bonchev–Trinajstić information content (AvgIpc) is 2.89. The van der Waals surface area contributed by atoms with Crippen molar-refractivity contribution in [2.45, 2.75) is 38.1 Å². The minimum Gasteiger partial charge on any atom is -0.337 e. The Labute approximate surface area is 144 Å². The third-order valence-corrected chi connectivity index (χ3v) is 6.11. The third-order valence-electron chi connectivity index (χ3n) is 6.11. The maximum atomic E-state index is 13.0. The third kappa shape index (κ3) is 2.93. The molecule has 1 aliphatic carbocycles. The normalized spacial score (nSPS) is 27.4. The molecule has 0 aromatic heterocycles. The molecule has 4 nitrogen and oxygen atoms in total. The number of piperidine rings is 1. The Morgan fingerprint density at radius 3 is 2.71 bits per heavy atom. The zero-order valence-electron chi connectivity index (χ0n) is 14.2. The molecule has 1 aromatic rings. The van der Waals surface area contributed by atoms with Gasteiger partial charge in [0.25, 0.3) is 5.91 Å². The molecule has 2 atom stereocenters. The van der Waals surface area contributed by atoms with E-state index in [4.69, 9.17) is 0 Å². The fourth-order valence-corrected chi connectivity index (χ4v) is 4.51. The highest BCUT2D eigenvalue weighted by atomic mass is 16.2. The first-order chi connectivity index (χ1) is 11.7. The van der Waals surface area contributed by atoms with Crippen LogP contribution in [0.4, 0.5) is 0 Å². The van der Waals surface area contributed by atoms with Gasteiger partial charge in [0.1, 0.15) is 0 Å². The monoisotopic (exact) mass is 323 g/mol. The summed E-state index contributed by atoms with van der Waals surface area (Å²) in [6.45, 7) is 4.03. The van der Waals surface area contributed by atoms with Gasteiger partial charge >= 0.3 is 0 Å². The lowest BCUT2D eigenvalue weighted by molar-refractivity contribution is 0.0717. The Morgan fingerprint density at radius 2 is 1.96 bits per heavy atom. The molecule has 0 radical (unpaired) electrons. The van der Waals surface area contributed by atoms with Gasteiger partial charge in [-0.25, -0.2) is 0 Å². The zero-order chi connectivity index (χ0) is 16.5. The Kier molecular flexibility index (Phi) is 4.28. The second-order valence-corrected chi connectivity index (χ2v) is 7.72. The van der Waals surface area contributed by atoms with Crippen molar-refractivity contribution in [2.24, 2.45) is 11.8 Å². The van der Waals surface area contributed by atoms with Gasteiger partial charge in [0, 0.05) is 32.2 Å². The van der Waals surface area contributed by atoms with Crippen LogP contribution in [-0.2, 0) is 0 Å². The first-order valence-corrected chi connectivity index (χ1v) is 9.27. The number of nitriles is 1. The molecule has 3 aliphatic heterocycles. The number of nitrogens with zero attached hydrogens (tertiary/aromatic N) is 3. The van der Waals surface area contributed by atoms with Crippen LogP contribution in [0.25, 0.3) is 0 Å². The molecule has 3 heterocycles. The summed E-state index contributed by atoms with van der Waals surface area (Å²) in [6.07, 6.45) is 6.59. The smallest absolute Gasteiger partial charge is 0.255 e. The zero-order valence-corrected chi connectivity index (χ0v) is 14.2. The van der Waals surface area contributed by atoms with Crippen molar-refractivity contribution in [1.82, 2.24) is 9.80 Å². The molecule has 24 heavy (non-hydrogen) atoms. The van der Waals surface area contributed by atoms with Gasteiger partial charge < -0.3 is 4.90 Å². The number of carbonyl (C=O) groups is 1. The fourth-order valence-electron chi connectivity index (χ4n) is 4.51. The van der Waals surface area contributed by atoms with Gasteiger partial charge in [-0.2, -0.15) is 5.26 Å². The van der Waals surface area contributed by atoms with Crippen molar-refractivity contribution in [2.75, 3.05) is 26.2 Å². The lowest BCUT2D eigenvalue weighted by Crippen LogP contribution is -2.47. The molecule has 4 aliphatic rings. The molecule has 3 saturated heterocycles. The second-order valence-electron chi connectivity index (χ2n) is 7.72. The summed E-state index contributed by atoms with van der Waals surface area (Å²) < 4.78 is 0. The van der Waals surface area contributed by atoms with E-state index in [0.717, 1.165) is 25.6 Å². The minimum absolute atomic E-state index is 0.0366. The van der Waals surface area contributed by atoms with Crippen LogP contribution in [-0.4, -0.2) is 47.9 Å². The SMILES string of the molecule is N#Cc1ccccc1C(=O)N1C[C@H]2CC[C@@H](C1)N(CC1CCC1)C2. The molecule has 2 bridgehead atoms. The number of carbonyl (C=O) groups excluding carboxylic acids is 1. The first-order valence-electron chi connectivity index (χ1n) is 9.27. The highest BCUT2D eigenvalue weighted by molar-refractivity contribution is 5.96. The average molecular weight is 323 g/mol. The summed E-state index contributed by atoms with van der Waals surface area (Å²) >= 11 is 0. The highest BCUT2D eigenvalue weighted by Crippen LogP contribution is 2.33. The fraction of sp³-hybridized carbons (Fsp3) is 0.600. The van der Waals surface area contributed by atoms with Crippen molar-refractivity contribution >= 4 is 5.91 Å². The summed E-state index contributed by atoms with van der Waals surface area (Å²) in [7, 11) is 0. The standard InChI is InChI=1S/C20H25N3O/c21-10-17-6-1-2-7-19(17)20(24)23-13-16-8-9-18(14-23)22(12-16)11-15-4-3-5-15/h1-2,6-7,15-16,18H,3-5,8-9,11-14H2/t16-,18-/m0/s1. The van der Waals surface area contributed by atoms with Crippen molar-refractivity contribution in [3.8, 4) is 6.07 Å². The molecule has 0 N–H and O–H groups in total. The van der Waals surface area contributed by atoms with Gasteiger partial charge in [-0.3, -0.25) is 9.69 Å². The highest BCUT2D eigenvalue weighted by Gasteiger charge is 2.38. The van der Waals surface area contributed by atoms with Crippen molar-refractivity contribution in [1.29, 1.82) is 5.26 Å². The predicted molar refractivity (Wildman–Crippen MR) is 92.5 cm³/mol. The van der Waals surface area contributed by atoms with Gasteiger partial charge in [0.05, 0.1) is 17.2 Å². The largest absolute Gasteiger partial charge is 0.337 e. The van der Waals surface area contributed by atoms with Crippen LogP contribution >= 0.6 is 0 Å². The van der Waals surface area contributed by atoms with Gasteiger partial charge in [-0.15, -0.1) is 0 Å². The number of hydrogen-bond donors (Lipinski definition) is 0. The van der Waals surface area contributed by atoms with E-state index in [1.807, 2.05) is 17.0 Å². The van der Waals surface area contributed by atoms with E-state index in [0.29, 0.717) is 23.1 Å². The second kappa shape index (κ2) is 6.57. The Bertz CT molecular complexity index is 661. The van der Waals surface area contributed by atoms with Crippen molar-refractivity contribution in [3.05, 3.63) is 35.4 Å². The molecule has 0 spiro atoms. The maximum absolute atomic E-state index is 13.0. The van der Waals surface area contributed by atoms with E-state index >= 15 is 0 Å². The quantitative estimate of drug-likeness (QED) is 0.859. The topological polar surface area (TPSA) is 47.3 Å². The van der Waals surface area contributed by atoms with Gasteiger partial charge in [0.2, 0.25) is 0 Å². The van der Waals surface area contributed by atoms with Crippen LogP contribution in [0.2, 0.25) is 0 Å². The number of hydrogen-bond acceptors (Lipinski definition) is 3. The summed E-state index contributed by atoms with van der Waals surface area (Å²) in [5, 5.41) is 9.28. The molecule has 126 valence electrons. The van der Waals surface area contributed by atoms with Crippen molar-refractivity contribution < 1.29 is 4.79 Å². The Hall–Kier alpha value is -1.86. The molecule has 4 heteroatoms. The van der Waals surface area contributed by atoms with Crippen molar-refractivity contribution in [3.63, 3.8) is 0 Å². The summed E-state index contributed by atoms with van der Waals surface area (Å²) in [5.41, 5.74) is 1.05. The lowest BCUT2D eigenvalue weighted by atomic mass is 9.83. The minimum atomic E-state index is 0.0366. The van der Waals surface area contributed by atoms with Gasteiger partial charge in [-0.05, 0) is 49.7 Å². The van der Waals surface area contributed by atoms with Gasteiger partial charge in [-0.1, -0.05) is 18.6 Å². The molecule has 0 unspecified atom stereocenters. The van der Waals surface area contributed by atoms with Crippen LogP contribution in [0.3, 0.4) is 0 Å². The molecular formula is C20H25N3O. The number of amides is 1. The molecule has 1 aromatic carbocycles. The van der Waals surface area contributed by atoms with Crippen LogP contribution in [0.5, 0.6) is 0 Å². The maximum Gasteiger partial charge on any atom is 0.255 e. The van der Waals surface area contributed by atoms with E-state index in [9.17, 15) is 10.1 Å². The molecule has 5 rings (SSSR count). The van der Waals surface area contributed by atoms with E-state index in [1.165, 1.54) is 38.6 Å². The molecule has 1 saturated carbocycles. The Balaban J connectivity index is 1.51. The first kappa shape index (κ1) is 15.7. The van der Waals surface area contributed by atoms with E-state index in [2.05, 4.69) is 11.0 Å². The lowest BCUT2D eigenvalue weighted by Gasteiger charge is -2.40. The van der Waals surface area contributed by atoms with Crippen LogP contribution < -0.4 is 0 Å². The van der Waals surface area contributed by atoms with Crippen LogP contribution in [0, 0.1) is 23.2 Å². The predicted octanol–water partition coefficient (Wildman–Crippen LogP) is 2.89. The molecule has 1 amide bonds. The number of rotatable bonds is 3. The molecular weight excluding hydrogens is 298 g/mol. The summed E-state index contributed by atoms with van der Waals surface area (Å²) in [5.74, 6) is 1.50. The van der Waals surface area contributed by atoms with Crippen LogP contribution in [0.1, 0.15) is 48.0 Å². The van der Waals surface area contributed by atoms with E-state index in [1.54, 1.807) is 12.1 Å².